The molecule has 1 fully saturated rings. The lowest BCUT2D eigenvalue weighted by atomic mass is 10.3. The Morgan fingerprint density at radius 2 is 1.96 bits per heavy atom. The minimum Gasteiger partial charge on any atom is -0.378 e. The zero-order valence-corrected chi connectivity index (χ0v) is 14.7. The van der Waals surface area contributed by atoms with Crippen molar-refractivity contribution in [1.82, 2.24) is 30.3 Å². The maximum absolute atomic E-state index is 12.4. The third kappa shape index (κ3) is 4.09. The van der Waals surface area contributed by atoms with Crippen LogP contribution in [0.1, 0.15) is 16.2 Å². The van der Waals surface area contributed by atoms with Crippen molar-refractivity contribution in [3.8, 4) is 5.69 Å². The molecule has 3 aromatic rings. The second-order valence-electron chi connectivity index (χ2n) is 5.98. The summed E-state index contributed by atoms with van der Waals surface area (Å²) in [5.41, 5.74) is 1.78. The van der Waals surface area contributed by atoms with Gasteiger partial charge in [-0.15, -0.1) is 5.10 Å². The van der Waals surface area contributed by atoms with Gasteiger partial charge in [0.2, 0.25) is 5.95 Å². The molecule has 9 nitrogen and oxygen atoms in total. The first-order chi connectivity index (χ1) is 13.3. The van der Waals surface area contributed by atoms with Crippen LogP contribution in [0, 0.1) is 0 Å². The van der Waals surface area contributed by atoms with E-state index in [1.165, 1.54) is 11.0 Å². The number of amides is 1. The molecule has 1 aromatic carbocycles. The molecule has 0 bridgehead atoms. The Kier molecular flexibility index (Phi) is 5.01. The van der Waals surface area contributed by atoms with Gasteiger partial charge < -0.3 is 15.0 Å². The van der Waals surface area contributed by atoms with E-state index in [1.54, 1.807) is 12.3 Å². The summed E-state index contributed by atoms with van der Waals surface area (Å²) < 4.78 is 5.34. The van der Waals surface area contributed by atoms with Crippen LogP contribution in [0.2, 0.25) is 0 Å². The van der Waals surface area contributed by atoms with Crippen molar-refractivity contribution >= 4 is 11.9 Å². The number of anilines is 1. The van der Waals surface area contributed by atoms with Crippen LogP contribution in [-0.2, 0) is 11.3 Å². The van der Waals surface area contributed by atoms with Gasteiger partial charge in [-0.25, -0.2) is 9.97 Å². The van der Waals surface area contributed by atoms with Gasteiger partial charge >= 0.3 is 0 Å². The molecule has 9 heteroatoms. The first-order valence-corrected chi connectivity index (χ1v) is 8.70. The predicted octanol–water partition coefficient (Wildman–Crippen LogP) is 0.824. The molecule has 0 aliphatic carbocycles. The van der Waals surface area contributed by atoms with Crippen LogP contribution in [0.15, 0.2) is 48.8 Å². The van der Waals surface area contributed by atoms with Crippen LogP contribution < -0.4 is 10.2 Å². The van der Waals surface area contributed by atoms with Crippen molar-refractivity contribution < 1.29 is 9.53 Å². The summed E-state index contributed by atoms with van der Waals surface area (Å²) in [6.45, 7) is 3.15. The highest BCUT2D eigenvalue weighted by Gasteiger charge is 2.15. The van der Waals surface area contributed by atoms with Crippen LogP contribution in [0.4, 0.5) is 5.95 Å². The average molecular weight is 365 g/mol. The molecule has 1 amide bonds. The van der Waals surface area contributed by atoms with Gasteiger partial charge in [-0.1, -0.05) is 18.2 Å². The average Bonchev–Trinajstić information content (AvgIpc) is 3.24. The third-order valence-corrected chi connectivity index (χ3v) is 4.14. The Morgan fingerprint density at radius 1 is 1.15 bits per heavy atom. The molecule has 1 aliphatic heterocycles. The maximum atomic E-state index is 12.4. The molecule has 0 unspecified atom stereocenters. The fourth-order valence-corrected chi connectivity index (χ4v) is 2.71. The summed E-state index contributed by atoms with van der Waals surface area (Å²) in [4.78, 5) is 24.7. The second kappa shape index (κ2) is 7.92. The summed E-state index contributed by atoms with van der Waals surface area (Å²) in [5, 5.41) is 11.2. The molecule has 2 aromatic heterocycles. The van der Waals surface area contributed by atoms with Gasteiger partial charge in [0.05, 0.1) is 37.3 Å². The number of rotatable bonds is 5. The number of para-hydroxylation sites is 1. The van der Waals surface area contributed by atoms with Gasteiger partial charge in [0.1, 0.15) is 0 Å². The van der Waals surface area contributed by atoms with E-state index >= 15 is 0 Å². The summed E-state index contributed by atoms with van der Waals surface area (Å²) in [7, 11) is 0. The molecular weight excluding hydrogens is 346 g/mol. The molecule has 138 valence electrons. The minimum absolute atomic E-state index is 0.251. The smallest absolute Gasteiger partial charge is 0.273 e. The van der Waals surface area contributed by atoms with E-state index in [-0.39, 0.29) is 18.1 Å². The van der Waals surface area contributed by atoms with Crippen molar-refractivity contribution in [3.05, 3.63) is 60.2 Å². The summed E-state index contributed by atoms with van der Waals surface area (Å²) in [6.07, 6.45) is 3.15. The standard InChI is InChI=1S/C18H19N7O2/c26-17(16-13-21-25(23-16)15-4-2-1-3-5-15)20-12-14-6-7-19-18(22-14)24-8-10-27-11-9-24/h1-7,13H,8-12H2,(H,20,26). The zero-order chi connectivity index (χ0) is 18.5. The summed E-state index contributed by atoms with van der Waals surface area (Å²) in [6, 6.07) is 11.2. The lowest BCUT2D eigenvalue weighted by Gasteiger charge is -2.26. The normalized spacial score (nSPS) is 14.1. The number of aromatic nitrogens is 5. The van der Waals surface area contributed by atoms with Gasteiger partial charge in [-0.05, 0) is 18.2 Å². The third-order valence-electron chi connectivity index (χ3n) is 4.14. The van der Waals surface area contributed by atoms with E-state index in [2.05, 4.69) is 30.4 Å². The number of morpholine rings is 1. The highest BCUT2D eigenvalue weighted by atomic mass is 16.5. The molecule has 1 aliphatic rings. The quantitative estimate of drug-likeness (QED) is 0.715. The van der Waals surface area contributed by atoms with Crippen molar-refractivity contribution in [2.75, 3.05) is 31.2 Å². The molecule has 3 heterocycles. The molecule has 4 rings (SSSR count). The number of nitrogens with zero attached hydrogens (tertiary/aromatic N) is 6. The molecule has 1 N–H and O–H groups in total. The van der Waals surface area contributed by atoms with Crippen LogP contribution >= 0.6 is 0 Å². The van der Waals surface area contributed by atoms with Gasteiger partial charge in [-0.3, -0.25) is 4.79 Å². The van der Waals surface area contributed by atoms with Gasteiger partial charge in [-0.2, -0.15) is 9.90 Å². The fourth-order valence-electron chi connectivity index (χ4n) is 2.71. The van der Waals surface area contributed by atoms with E-state index in [4.69, 9.17) is 4.74 Å². The maximum Gasteiger partial charge on any atom is 0.273 e. The Balaban J connectivity index is 1.39. The number of benzene rings is 1. The van der Waals surface area contributed by atoms with Gasteiger partial charge in [0.15, 0.2) is 5.69 Å². The number of carbonyl (C=O) groups excluding carboxylic acids is 1. The highest BCUT2D eigenvalue weighted by molar-refractivity contribution is 5.91. The topological polar surface area (TPSA) is 98.1 Å². The van der Waals surface area contributed by atoms with Crippen molar-refractivity contribution in [2.24, 2.45) is 0 Å². The van der Waals surface area contributed by atoms with Crippen molar-refractivity contribution in [2.45, 2.75) is 6.54 Å². The lowest BCUT2D eigenvalue weighted by Crippen LogP contribution is -2.37. The summed E-state index contributed by atoms with van der Waals surface area (Å²) in [5.74, 6) is 0.351. The molecule has 0 atom stereocenters. The van der Waals surface area contributed by atoms with Crippen LogP contribution in [0.5, 0.6) is 0 Å². The molecule has 0 saturated carbocycles. The SMILES string of the molecule is O=C(NCc1ccnc(N2CCOCC2)n1)c1cnn(-c2ccccc2)n1. The summed E-state index contributed by atoms with van der Waals surface area (Å²) >= 11 is 0. The Morgan fingerprint density at radius 3 is 2.78 bits per heavy atom. The van der Waals surface area contributed by atoms with E-state index in [1.807, 2.05) is 30.3 Å². The molecular formula is C18H19N7O2. The van der Waals surface area contributed by atoms with Crippen molar-refractivity contribution in [3.63, 3.8) is 0 Å². The first-order valence-electron chi connectivity index (χ1n) is 8.70. The monoisotopic (exact) mass is 365 g/mol. The van der Waals surface area contributed by atoms with Crippen LogP contribution in [-0.4, -0.2) is 57.2 Å². The van der Waals surface area contributed by atoms with Gasteiger partial charge in [0.25, 0.3) is 5.91 Å². The minimum atomic E-state index is -0.302. The largest absolute Gasteiger partial charge is 0.378 e. The molecule has 27 heavy (non-hydrogen) atoms. The fraction of sp³-hybridized carbons (Fsp3) is 0.278. The molecule has 0 radical (unpaired) electrons. The van der Waals surface area contributed by atoms with E-state index in [9.17, 15) is 4.79 Å². The van der Waals surface area contributed by atoms with Gasteiger partial charge in [0, 0.05) is 19.3 Å². The number of carbonyl (C=O) groups is 1. The Labute approximate surface area is 156 Å². The first kappa shape index (κ1) is 17.1. The van der Waals surface area contributed by atoms with Crippen molar-refractivity contribution in [1.29, 1.82) is 0 Å². The predicted molar refractivity (Wildman–Crippen MR) is 97.6 cm³/mol. The number of hydrogen-bond donors (Lipinski definition) is 1. The number of hydrogen-bond acceptors (Lipinski definition) is 7. The lowest BCUT2D eigenvalue weighted by molar-refractivity contribution is 0.0945. The number of ether oxygens (including phenoxy) is 1. The molecule has 0 spiro atoms. The van der Waals surface area contributed by atoms with E-state index in [0.29, 0.717) is 19.2 Å². The molecule has 1 saturated heterocycles. The Bertz CT molecular complexity index is 907. The number of nitrogens with one attached hydrogen (secondary N) is 1. The Hall–Kier alpha value is -3.33. The van der Waals surface area contributed by atoms with E-state index < -0.39 is 0 Å². The highest BCUT2D eigenvalue weighted by Crippen LogP contribution is 2.10. The van der Waals surface area contributed by atoms with E-state index in [0.717, 1.165) is 24.5 Å². The van der Waals surface area contributed by atoms with Crippen LogP contribution in [0.25, 0.3) is 5.69 Å². The van der Waals surface area contributed by atoms with Crippen LogP contribution in [0.3, 0.4) is 0 Å². The zero-order valence-electron chi connectivity index (χ0n) is 14.7. The second-order valence-corrected chi connectivity index (χ2v) is 5.98.